The largest absolute Gasteiger partial charge is 0.756 e. The second-order valence-corrected chi connectivity index (χ2v) is 6.95. The van der Waals surface area contributed by atoms with E-state index in [9.17, 15) is 5.11 Å². The topological polar surface area (TPSA) is 137 Å². The van der Waals surface area contributed by atoms with Gasteiger partial charge in [-0.25, -0.2) is 0 Å². The fourth-order valence-electron chi connectivity index (χ4n) is 1.42. The van der Waals surface area contributed by atoms with Crippen molar-refractivity contribution in [3.8, 4) is 5.75 Å². The maximum atomic E-state index is 9.28. The molecule has 1 aromatic heterocycles. The molecular formula is C13H22ClN2O6P. The number of nitrogens with zero attached hydrogens (tertiary/aromatic N) is 1. The summed E-state index contributed by atoms with van der Waals surface area (Å²) in [6.07, 6.45) is 1.52. The van der Waals surface area contributed by atoms with Crippen molar-refractivity contribution in [2.75, 3.05) is 34.3 Å². The van der Waals surface area contributed by atoms with Crippen LogP contribution in [0.5, 0.6) is 5.75 Å². The Balaban J connectivity index is 0.000000351. The number of likely N-dealkylation sites (N-methyl/N-ethyl adjacent to an activating group) is 1. The van der Waals surface area contributed by atoms with Gasteiger partial charge in [-0.1, -0.05) is 17.7 Å². The normalized spacial score (nSPS) is 11.3. The molecule has 0 saturated heterocycles. The predicted molar refractivity (Wildman–Crippen MR) is 87.0 cm³/mol. The highest BCUT2D eigenvalue weighted by Crippen LogP contribution is 2.30. The molecule has 1 heterocycles. The van der Waals surface area contributed by atoms with Crippen molar-refractivity contribution < 1.29 is 33.9 Å². The van der Waals surface area contributed by atoms with Crippen LogP contribution in [0, 0.1) is 0 Å². The van der Waals surface area contributed by atoms with E-state index < -0.39 is 7.82 Å². The van der Waals surface area contributed by atoms with Crippen molar-refractivity contribution in [3.63, 3.8) is 0 Å². The number of H-pyrrole nitrogens is 1. The highest BCUT2D eigenvalue weighted by molar-refractivity contribution is 7.43. The summed E-state index contributed by atoms with van der Waals surface area (Å²) in [4.78, 5) is 25.8. The van der Waals surface area contributed by atoms with Gasteiger partial charge in [0.2, 0.25) is 0 Å². The Kier molecular flexibility index (Phi) is 8.79. The molecule has 1 aromatic carbocycles. The number of nitrogens with one attached hydrogen (secondary N) is 1. The third-order valence-corrected chi connectivity index (χ3v) is 2.72. The van der Waals surface area contributed by atoms with Crippen molar-refractivity contribution in [1.82, 2.24) is 4.98 Å². The molecule has 0 fully saturated rings. The first-order chi connectivity index (χ1) is 10.3. The zero-order chi connectivity index (χ0) is 18.3. The van der Waals surface area contributed by atoms with Crippen LogP contribution in [0.3, 0.4) is 0 Å². The van der Waals surface area contributed by atoms with Crippen molar-refractivity contribution >= 4 is 30.3 Å². The Hall–Kier alpha value is -1.12. The van der Waals surface area contributed by atoms with E-state index in [-0.39, 0.29) is 12.4 Å². The summed E-state index contributed by atoms with van der Waals surface area (Å²) in [5.74, 6) is 0.200. The Morgan fingerprint density at radius 2 is 1.83 bits per heavy atom. The minimum Gasteiger partial charge on any atom is -0.756 e. The van der Waals surface area contributed by atoms with Crippen LogP contribution >= 0.6 is 19.4 Å². The molecule has 5 N–H and O–H groups in total. The van der Waals surface area contributed by atoms with Crippen molar-refractivity contribution in [2.24, 2.45) is 0 Å². The van der Waals surface area contributed by atoms with E-state index in [0.29, 0.717) is 10.4 Å². The zero-order valence-electron chi connectivity index (χ0n) is 13.1. The molecule has 132 valence electrons. The third-order valence-electron chi connectivity index (χ3n) is 2.40. The fraction of sp³-hybridized carbons (Fsp3) is 0.385. The maximum Gasteiger partial charge on any atom is 0.262 e. The molecule has 0 spiro atoms. The molecular weight excluding hydrogens is 347 g/mol. The van der Waals surface area contributed by atoms with Gasteiger partial charge in [0, 0.05) is 6.20 Å². The van der Waals surface area contributed by atoms with Gasteiger partial charge >= 0.3 is 0 Å². The highest BCUT2D eigenvalue weighted by atomic mass is 35.5. The van der Waals surface area contributed by atoms with Crippen LogP contribution in [-0.4, -0.2) is 63.8 Å². The molecule has 0 unspecified atom stereocenters. The molecule has 2 aromatic rings. The minimum atomic E-state index is -4.89. The lowest BCUT2D eigenvalue weighted by atomic mass is 10.2. The van der Waals surface area contributed by atoms with Gasteiger partial charge in [-0.15, -0.1) is 0 Å². The number of halogens is 1. The molecule has 23 heavy (non-hydrogen) atoms. The average molecular weight is 369 g/mol. The molecule has 0 atom stereocenters. The lowest BCUT2D eigenvalue weighted by molar-refractivity contribution is -0.870. The molecule has 8 nitrogen and oxygen atoms in total. The van der Waals surface area contributed by atoms with Gasteiger partial charge in [-0.3, -0.25) is 4.57 Å². The third kappa shape index (κ3) is 11.1. The van der Waals surface area contributed by atoms with Crippen LogP contribution in [0.2, 0.25) is 5.02 Å². The van der Waals surface area contributed by atoms with E-state index in [0.717, 1.165) is 16.5 Å². The second kappa shape index (κ2) is 9.24. The van der Waals surface area contributed by atoms with E-state index >= 15 is 0 Å². The Morgan fingerprint density at radius 1 is 1.30 bits per heavy atom. The van der Waals surface area contributed by atoms with Gasteiger partial charge < -0.3 is 34.4 Å². The smallest absolute Gasteiger partial charge is 0.262 e. The number of phosphoric acid groups is 1. The number of rotatable bonds is 2. The van der Waals surface area contributed by atoms with E-state index in [1.54, 1.807) is 6.07 Å². The number of aromatic hydroxyl groups is 1. The van der Waals surface area contributed by atoms with Gasteiger partial charge in [0.1, 0.15) is 12.3 Å². The van der Waals surface area contributed by atoms with Crippen LogP contribution in [0.25, 0.3) is 10.9 Å². The number of fused-ring (bicyclic) bond motifs is 1. The average Bonchev–Trinajstić information content (AvgIpc) is 2.69. The van der Waals surface area contributed by atoms with Crippen LogP contribution in [-0.2, 0) is 4.57 Å². The number of quaternary nitrogens is 1. The SMILES string of the molecule is C[N+](C)(C)CCO.O=P([O-])(O)O.Oc1c[nH]c2cccc(Cl)c12. The summed E-state index contributed by atoms with van der Waals surface area (Å²) in [5, 5.41) is 18.9. The molecule has 0 aliphatic rings. The Labute approximate surface area is 139 Å². The number of hydrogen-bond donors (Lipinski definition) is 5. The zero-order valence-corrected chi connectivity index (χ0v) is 14.8. The molecule has 0 bridgehead atoms. The number of aromatic amines is 1. The number of benzene rings is 1. The minimum absolute atomic E-state index is 0.200. The fourth-order valence-corrected chi connectivity index (χ4v) is 1.69. The van der Waals surface area contributed by atoms with Crippen LogP contribution in [0.15, 0.2) is 24.4 Å². The molecule has 0 radical (unpaired) electrons. The lowest BCUT2D eigenvalue weighted by Gasteiger charge is -2.21. The molecule has 0 amide bonds. The number of hydrogen-bond acceptors (Lipinski definition) is 4. The van der Waals surface area contributed by atoms with E-state index in [1.807, 2.05) is 12.1 Å². The van der Waals surface area contributed by atoms with Gasteiger partial charge in [-0.2, -0.15) is 0 Å². The van der Waals surface area contributed by atoms with Crippen LogP contribution < -0.4 is 4.89 Å². The summed E-state index contributed by atoms with van der Waals surface area (Å²) in [6.45, 7) is 1.11. The van der Waals surface area contributed by atoms with E-state index in [2.05, 4.69) is 26.1 Å². The van der Waals surface area contributed by atoms with Crippen molar-refractivity contribution in [3.05, 3.63) is 29.4 Å². The molecule has 0 aliphatic heterocycles. The monoisotopic (exact) mass is 368 g/mol. The molecule has 0 aliphatic carbocycles. The number of aliphatic hydroxyl groups is 1. The quantitative estimate of drug-likeness (QED) is 0.390. The van der Waals surface area contributed by atoms with Crippen molar-refractivity contribution in [1.29, 1.82) is 0 Å². The Bertz CT molecular complexity index is 641. The Morgan fingerprint density at radius 3 is 2.17 bits per heavy atom. The second-order valence-electron chi connectivity index (χ2n) is 5.56. The highest BCUT2D eigenvalue weighted by Gasteiger charge is 2.04. The molecule has 10 heteroatoms. The maximum absolute atomic E-state index is 9.28. The van der Waals surface area contributed by atoms with Crippen molar-refractivity contribution in [2.45, 2.75) is 0 Å². The van der Waals surface area contributed by atoms with Crippen LogP contribution in [0.1, 0.15) is 0 Å². The van der Waals surface area contributed by atoms with Gasteiger partial charge in [0.05, 0.1) is 43.7 Å². The standard InChI is InChI=1S/C8H6ClNO.C5H14NO.H3O4P/c9-5-2-1-3-6-8(5)7(11)4-10-6;1-6(2,3)4-5-7;1-5(2,3)4/h1-4,10-11H;7H,4-5H2,1-3H3;(H3,1,2,3,4)/q;+1;/p-1. The lowest BCUT2D eigenvalue weighted by Crippen LogP contribution is -2.36. The van der Waals surface area contributed by atoms with E-state index in [1.165, 1.54) is 6.20 Å². The summed E-state index contributed by atoms with van der Waals surface area (Å²) in [7, 11) is 1.27. The first-order valence-corrected chi connectivity index (χ1v) is 8.38. The molecule has 0 saturated carbocycles. The summed E-state index contributed by atoms with van der Waals surface area (Å²) in [6, 6.07) is 5.44. The van der Waals surface area contributed by atoms with Gasteiger partial charge in [0.15, 0.2) is 0 Å². The van der Waals surface area contributed by atoms with Gasteiger partial charge in [0.25, 0.3) is 7.82 Å². The predicted octanol–water partition coefficient (Wildman–Crippen LogP) is 0.651. The summed E-state index contributed by atoms with van der Waals surface area (Å²) >= 11 is 5.82. The number of aromatic nitrogens is 1. The van der Waals surface area contributed by atoms with Crippen LogP contribution in [0.4, 0.5) is 0 Å². The summed E-state index contributed by atoms with van der Waals surface area (Å²) < 4.78 is 9.61. The molecule has 2 rings (SSSR count). The van der Waals surface area contributed by atoms with Gasteiger partial charge in [-0.05, 0) is 12.1 Å². The summed E-state index contributed by atoms with van der Waals surface area (Å²) in [5.41, 5.74) is 0.856. The van der Waals surface area contributed by atoms with E-state index in [4.69, 9.17) is 36.0 Å². The number of aliphatic hydroxyl groups excluding tert-OH is 1. The first kappa shape index (κ1) is 21.9. The first-order valence-electron chi connectivity index (χ1n) is 6.47.